The molecule has 0 saturated carbocycles. The molecule has 0 spiro atoms. The van der Waals surface area contributed by atoms with Crippen LogP contribution in [0.15, 0.2) is 42.9 Å². The van der Waals surface area contributed by atoms with Gasteiger partial charge in [0.1, 0.15) is 11.1 Å². The fourth-order valence-corrected chi connectivity index (χ4v) is 2.91. The lowest BCUT2D eigenvalue weighted by molar-refractivity contribution is -0.137. The molecule has 3 heterocycles. The van der Waals surface area contributed by atoms with Gasteiger partial charge in [0.2, 0.25) is 0 Å². The van der Waals surface area contributed by atoms with E-state index < -0.39 is 23.2 Å². The fraction of sp³-hybridized carbons (Fsp3) is 0.235. The second-order valence-electron chi connectivity index (χ2n) is 6.24. The van der Waals surface area contributed by atoms with Crippen LogP contribution < -0.4 is 5.32 Å². The van der Waals surface area contributed by atoms with Crippen LogP contribution in [0.4, 0.5) is 13.2 Å². The van der Waals surface area contributed by atoms with Gasteiger partial charge in [0.25, 0.3) is 5.91 Å². The zero-order valence-corrected chi connectivity index (χ0v) is 13.7. The number of amides is 1. The molecule has 1 aromatic carbocycles. The summed E-state index contributed by atoms with van der Waals surface area (Å²) in [5.74, 6) is -0.599. The smallest absolute Gasteiger partial charge is 0.416 e. The third kappa shape index (κ3) is 2.97. The average Bonchev–Trinajstić information content (AvgIpc) is 3.00. The largest absolute Gasteiger partial charge is 0.505 e. The van der Waals surface area contributed by atoms with E-state index in [0.717, 1.165) is 12.1 Å². The van der Waals surface area contributed by atoms with Gasteiger partial charge in [-0.1, -0.05) is 12.1 Å². The highest BCUT2D eigenvalue weighted by atomic mass is 19.4. The highest BCUT2D eigenvalue weighted by Crippen LogP contribution is 2.34. The molecule has 0 aliphatic carbocycles. The number of benzene rings is 1. The molecule has 1 fully saturated rings. The van der Waals surface area contributed by atoms with Crippen molar-refractivity contribution in [2.45, 2.75) is 11.7 Å². The molecule has 1 saturated heterocycles. The predicted molar refractivity (Wildman–Crippen MR) is 86.1 cm³/mol. The number of carbonyl (C=O) groups is 1. The number of carbonyl (C=O) groups excluding carboxylic acids is 1. The summed E-state index contributed by atoms with van der Waals surface area (Å²) in [5, 5.41) is 16.2. The Bertz CT molecular complexity index is 1010. The number of nitrogens with zero attached hydrogens (tertiary/aromatic N) is 3. The van der Waals surface area contributed by atoms with Crippen LogP contribution in [0.5, 0.6) is 5.75 Å². The highest BCUT2D eigenvalue weighted by molar-refractivity contribution is 6.00. The van der Waals surface area contributed by atoms with Crippen molar-refractivity contribution >= 4 is 11.6 Å². The number of hydrogen-bond donors (Lipinski definition) is 2. The van der Waals surface area contributed by atoms with Crippen LogP contribution in [-0.4, -0.2) is 38.8 Å². The number of hydrogen-bond acceptors (Lipinski definition) is 5. The first kappa shape index (κ1) is 17.3. The van der Waals surface area contributed by atoms with Crippen molar-refractivity contribution in [3.05, 3.63) is 59.5 Å². The zero-order valence-electron chi connectivity index (χ0n) is 13.7. The summed E-state index contributed by atoms with van der Waals surface area (Å²) < 4.78 is 44.7. The summed E-state index contributed by atoms with van der Waals surface area (Å²) in [7, 11) is 0. The third-order valence-electron chi connectivity index (χ3n) is 4.40. The molecular weight excluding hydrogens is 365 g/mol. The van der Waals surface area contributed by atoms with Gasteiger partial charge in [0.05, 0.1) is 37.4 Å². The molecule has 1 aliphatic rings. The Morgan fingerprint density at radius 3 is 2.52 bits per heavy atom. The van der Waals surface area contributed by atoms with Crippen LogP contribution in [0.3, 0.4) is 0 Å². The van der Waals surface area contributed by atoms with Gasteiger partial charge in [0.15, 0.2) is 11.4 Å². The number of halogens is 3. The average molecular weight is 378 g/mol. The monoisotopic (exact) mass is 378 g/mol. The first-order valence-corrected chi connectivity index (χ1v) is 7.89. The maximum Gasteiger partial charge on any atom is 0.416 e. The van der Waals surface area contributed by atoms with Gasteiger partial charge in [-0.3, -0.25) is 4.79 Å². The van der Waals surface area contributed by atoms with E-state index in [4.69, 9.17) is 4.74 Å². The van der Waals surface area contributed by atoms with E-state index in [2.05, 4.69) is 15.4 Å². The molecule has 3 aromatic rings. The third-order valence-corrected chi connectivity index (χ3v) is 4.40. The van der Waals surface area contributed by atoms with Gasteiger partial charge in [-0.2, -0.15) is 18.3 Å². The SMILES string of the molecule is O=C(NC1(c2ccc(C(F)(F)F)cc2)COC1)c1cnn2cc(O)cnc12. The standard InChI is InChI=1S/C17H13F3N4O3/c18-17(19,20)11-3-1-10(2-4-11)16(8-27-9-16)23-15(26)13-6-22-24-7-12(25)5-21-14(13)24/h1-7,25H,8-9H2,(H,23,26). The fourth-order valence-electron chi connectivity index (χ4n) is 2.91. The van der Waals surface area contributed by atoms with Crippen molar-refractivity contribution in [2.75, 3.05) is 13.2 Å². The minimum atomic E-state index is -4.43. The Morgan fingerprint density at radius 1 is 1.22 bits per heavy atom. The molecule has 4 rings (SSSR count). The molecule has 1 amide bonds. The van der Waals surface area contributed by atoms with Crippen LogP contribution in [0.2, 0.25) is 0 Å². The van der Waals surface area contributed by atoms with E-state index in [-0.39, 0.29) is 30.2 Å². The lowest BCUT2D eigenvalue weighted by atomic mass is 9.87. The lowest BCUT2D eigenvalue weighted by Gasteiger charge is -2.42. The molecular formula is C17H13F3N4O3. The van der Waals surface area contributed by atoms with Crippen molar-refractivity contribution in [3.63, 3.8) is 0 Å². The molecule has 2 aromatic heterocycles. The first-order valence-electron chi connectivity index (χ1n) is 7.89. The molecule has 27 heavy (non-hydrogen) atoms. The maximum absolute atomic E-state index is 12.8. The Hall–Kier alpha value is -3.14. The number of fused-ring (bicyclic) bond motifs is 1. The van der Waals surface area contributed by atoms with Gasteiger partial charge in [-0.15, -0.1) is 0 Å². The molecule has 140 valence electrons. The molecule has 1 aliphatic heterocycles. The van der Waals surface area contributed by atoms with Crippen molar-refractivity contribution in [1.29, 1.82) is 0 Å². The molecule has 2 N–H and O–H groups in total. The summed E-state index contributed by atoms with van der Waals surface area (Å²) in [6, 6.07) is 4.61. The molecule has 0 unspecified atom stereocenters. The molecule has 10 heteroatoms. The van der Waals surface area contributed by atoms with Gasteiger partial charge < -0.3 is 15.2 Å². The van der Waals surface area contributed by atoms with E-state index >= 15 is 0 Å². The Labute approximate surface area is 150 Å². The van der Waals surface area contributed by atoms with E-state index in [1.165, 1.54) is 35.2 Å². The van der Waals surface area contributed by atoms with Crippen molar-refractivity contribution in [1.82, 2.24) is 19.9 Å². The maximum atomic E-state index is 12.8. The van der Waals surface area contributed by atoms with E-state index in [1.54, 1.807) is 0 Å². The summed E-state index contributed by atoms with van der Waals surface area (Å²) in [6.07, 6.45) is -0.639. The molecule has 0 bridgehead atoms. The minimum absolute atomic E-state index is 0.105. The Balaban J connectivity index is 1.62. The quantitative estimate of drug-likeness (QED) is 0.729. The summed E-state index contributed by atoms with van der Waals surface area (Å²) in [5.41, 5.74) is -0.759. The number of nitrogens with one attached hydrogen (secondary N) is 1. The van der Waals surface area contributed by atoms with E-state index in [1.807, 2.05) is 0 Å². The normalized spacial score (nSPS) is 16.1. The van der Waals surface area contributed by atoms with E-state index in [9.17, 15) is 23.1 Å². The topological polar surface area (TPSA) is 88.8 Å². The molecule has 0 radical (unpaired) electrons. The number of aromatic hydroxyl groups is 1. The minimum Gasteiger partial charge on any atom is -0.505 e. The number of aromatic nitrogens is 3. The summed E-state index contributed by atoms with van der Waals surface area (Å²) in [6.45, 7) is 0.273. The highest BCUT2D eigenvalue weighted by Gasteiger charge is 2.43. The van der Waals surface area contributed by atoms with Crippen LogP contribution in [-0.2, 0) is 16.5 Å². The van der Waals surface area contributed by atoms with E-state index in [0.29, 0.717) is 5.56 Å². The summed E-state index contributed by atoms with van der Waals surface area (Å²) in [4.78, 5) is 16.7. The Morgan fingerprint density at radius 2 is 1.93 bits per heavy atom. The second kappa shape index (κ2) is 5.95. The lowest BCUT2D eigenvalue weighted by Crippen LogP contribution is -2.59. The second-order valence-corrected chi connectivity index (χ2v) is 6.24. The van der Waals surface area contributed by atoms with Gasteiger partial charge >= 0.3 is 6.18 Å². The zero-order chi connectivity index (χ0) is 19.2. The number of alkyl halides is 3. The first-order chi connectivity index (χ1) is 12.8. The van der Waals surface area contributed by atoms with Crippen LogP contribution in [0.25, 0.3) is 5.65 Å². The van der Waals surface area contributed by atoms with Crippen LogP contribution >= 0.6 is 0 Å². The molecule has 7 nitrogen and oxygen atoms in total. The van der Waals surface area contributed by atoms with Crippen molar-refractivity contribution < 1.29 is 27.8 Å². The van der Waals surface area contributed by atoms with Gasteiger partial charge in [-0.25, -0.2) is 9.50 Å². The van der Waals surface area contributed by atoms with Crippen molar-refractivity contribution in [3.8, 4) is 5.75 Å². The van der Waals surface area contributed by atoms with Gasteiger partial charge in [-0.05, 0) is 17.7 Å². The van der Waals surface area contributed by atoms with Crippen LogP contribution in [0, 0.1) is 0 Å². The van der Waals surface area contributed by atoms with Crippen LogP contribution in [0.1, 0.15) is 21.5 Å². The number of rotatable bonds is 3. The van der Waals surface area contributed by atoms with Gasteiger partial charge in [0, 0.05) is 0 Å². The predicted octanol–water partition coefficient (Wildman–Crippen LogP) is 2.11. The Kier molecular flexibility index (Phi) is 3.81. The number of ether oxygens (including phenoxy) is 1. The summed E-state index contributed by atoms with van der Waals surface area (Å²) >= 11 is 0. The van der Waals surface area contributed by atoms with Crippen molar-refractivity contribution in [2.24, 2.45) is 0 Å². The molecule has 0 atom stereocenters.